The molecule has 94 valence electrons. The van der Waals surface area contributed by atoms with Crippen LogP contribution in [0.5, 0.6) is 0 Å². The van der Waals surface area contributed by atoms with E-state index in [1.54, 1.807) is 25.3 Å². The number of carbonyl (C=O) groups excluding carboxylic acids is 1. The highest BCUT2D eigenvalue weighted by molar-refractivity contribution is 5.89. The van der Waals surface area contributed by atoms with E-state index in [0.717, 1.165) is 5.56 Å². The number of hydrogen-bond acceptors (Lipinski definition) is 4. The van der Waals surface area contributed by atoms with Crippen molar-refractivity contribution >= 4 is 11.7 Å². The molecule has 18 heavy (non-hydrogen) atoms. The van der Waals surface area contributed by atoms with Gasteiger partial charge < -0.3 is 14.4 Å². The summed E-state index contributed by atoms with van der Waals surface area (Å²) in [7, 11) is 0. The van der Waals surface area contributed by atoms with Gasteiger partial charge in [-0.2, -0.15) is 0 Å². The van der Waals surface area contributed by atoms with Crippen molar-refractivity contribution in [2.45, 2.75) is 20.4 Å². The van der Waals surface area contributed by atoms with Crippen LogP contribution in [0.4, 0.5) is 5.82 Å². The highest BCUT2D eigenvalue weighted by Gasteiger charge is 2.07. The molecule has 0 saturated heterocycles. The van der Waals surface area contributed by atoms with Crippen LogP contribution in [0.3, 0.4) is 0 Å². The van der Waals surface area contributed by atoms with Crippen molar-refractivity contribution in [2.24, 2.45) is 0 Å². The zero-order valence-corrected chi connectivity index (χ0v) is 10.1. The van der Waals surface area contributed by atoms with E-state index in [-0.39, 0.29) is 18.0 Å². The molecule has 2 heterocycles. The standard InChI is InChI=1S/C12H13N3O3/c1-8-3-4-15(12(17)5-8)7-11(16)13-10-6-9(2)18-14-10/h3-6H,7H2,1-2H3,(H,13,14,16). The lowest BCUT2D eigenvalue weighted by molar-refractivity contribution is -0.116. The number of amides is 1. The van der Waals surface area contributed by atoms with Crippen LogP contribution >= 0.6 is 0 Å². The minimum Gasteiger partial charge on any atom is -0.360 e. The molecule has 0 bridgehead atoms. The first kappa shape index (κ1) is 12.1. The molecule has 0 aliphatic heterocycles. The summed E-state index contributed by atoms with van der Waals surface area (Å²) in [6, 6.07) is 4.86. The van der Waals surface area contributed by atoms with E-state index in [9.17, 15) is 9.59 Å². The molecular weight excluding hydrogens is 234 g/mol. The van der Waals surface area contributed by atoms with Crippen LogP contribution in [-0.2, 0) is 11.3 Å². The fraction of sp³-hybridized carbons (Fsp3) is 0.250. The Morgan fingerprint density at radius 1 is 1.44 bits per heavy atom. The number of hydrogen-bond donors (Lipinski definition) is 1. The predicted molar refractivity (Wildman–Crippen MR) is 65.3 cm³/mol. The number of pyridine rings is 1. The second kappa shape index (κ2) is 4.87. The van der Waals surface area contributed by atoms with Crippen LogP contribution in [0.15, 0.2) is 33.7 Å². The van der Waals surface area contributed by atoms with Crippen molar-refractivity contribution in [2.75, 3.05) is 5.32 Å². The second-order valence-corrected chi connectivity index (χ2v) is 4.04. The van der Waals surface area contributed by atoms with Crippen molar-refractivity contribution in [3.8, 4) is 0 Å². The summed E-state index contributed by atoms with van der Waals surface area (Å²) in [4.78, 5) is 23.3. The van der Waals surface area contributed by atoms with Gasteiger partial charge in [0.2, 0.25) is 5.91 Å². The summed E-state index contributed by atoms with van der Waals surface area (Å²) in [5.74, 6) is 0.629. The lowest BCUT2D eigenvalue weighted by Gasteiger charge is -2.05. The number of carbonyl (C=O) groups is 1. The van der Waals surface area contributed by atoms with Gasteiger partial charge in [-0.15, -0.1) is 0 Å². The molecule has 0 atom stereocenters. The SMILES string of the molecule is Cc1ccn(CC(=O)Nc2cc(C)on2)c(=O)c1. The molecule has 1 amide bonds. The van der Waals surface area contributed by atoms with Gasteiger partial charge in [-0.05, 0) is 25.5 Å². The third-order valence-corrected chi connectivity index (χ3v) is 2.36. The molecule has 0 aromatic carbocycles. The van der Waals surface area contributed by atoms with Gasteiger partial charge in [0.15, 0.2) is 5.82 Å². The smallest absolute Gasteiger partial charge is 0.251 e. The van der Waals surface area contributed by atoms with E-state index in [1.165, 1.54) is 10.6 Å². The van der Waals surface area contributed by atoms with E-state index >= 15 is 0 Å². The highest BCUT2D eigenvalue weighted by atomic mass is 16.5. The Balaban J connectivity index is 2.05. The fourth-order valence-electron chi connectivity index (χ4n) is 1.50. The van der Waals surface area contributed by atoms with Gasteiger partial charge in [0, 0.05) is 18.3 Å². The lowest BCUT2D eigenvalue weighted by Crippen LogP contribution is -2.26. The van der Waals surface area contributed by atoms with Crippen LogP contribution in [0.2, 0.25) is 0 Å². The van der Waals surface area contributed by atoms with Gasteiger partial charge in [-0.3, -0.25) is 9.59 Å². The predicted octanol–water partition coefficient (Wildman–Crippen LogP) is 1.09. The van der Waals surface area contributed by atoms with Gasteiger partial charge in [-0.1, -0.05) is 5.16 Å². The number of rotatable bonds is 3. The maximum atomic E-state index is 11.7. The van der Waals surface area contributed by atoms with E-state index in [4.69, 9.17) is 4.52 Å². The summed E-state index contributed by atoms with van der Waals surface area (Å²) in [6.07, 6.45) is 1.59. The minimum absolute atomic E-state index is 0.0506. The van der Waals surface area contributed by atoms with E-state index in [0.29, 0.717) is 11.6 Å². The molecular formula is C12H13N3O3. The quantitative estimate of drug-likeness (QED) is 0.880. The summed E-state index contributed by atoms with van der Waals surface area (Å²) in [5, 5.41) is 6.19. The molecule has 0 aliphatic rings. The van der Waals surface area contributed by atoms with Gasteiger partial charge >= 0.3 is 0 Å². The number of nitrogens with one attached hydrogen (secondary N) is 1. The zero-order valence-electron chi connectivity index (χ0n) is 10.1. The number of aryl methyl sites for hydroxylation is 2. The lowest BCUT2D eigenvalue weighted by atomic mass is 10.3. The Morgan fingerprint density at radius 2 is 2.22 bits per heavy atom. The molecule has 0 saturated carbocycles. The summed E-state index contributed by atoms with van der Waals surface area (Å²) in [6.45, 7) is 3.50. The topological polar surface area (TPSA) is 77.1 Å². The normalized spacial score (nSPS) is 10.3. The molecule has 0 radical (unpaired) electrons. The van der Waals surface area contributed by atoms with Crippen molar-refractivity contribution in [3.63, 3.8) is 0 Å². The Hall–Kier alpha value is -2.37. The highest BCUT2D eigenvalue weighted by Crippen LogP contribution is 2.06. The maximum absolute atomic E-state index is 11.7. The molecule has 1 N–H and O–H groups in total. The molecule has 0 fully saturated rings. The zero-order chi connectivity index (χ0) is 13.1. The van der Waals surface area contributed by atoms with Crippen LogP contribution in [0.1, 0.15) is 11.3 Å². The third-order valence-electron chi connectivity index (χ3n) is 2.36. The number of aromatic nitrogens is 2. The molecule has 0 aliphatic carbocycles. The Bertz CT molecular complexity index is 627. The minimum atomic E-state index is -0.325. The second-order valence-electron chi connectivity index (χ2n) is 4.04. The van der Waals surface area contributed by atoms with Gasteiger partial charge in [0.1, 0.15) is 12.3 Å². The molecule has 0 spiro atoms. The van der Waals surface area contributed by atoms with Crippen LogP contribution in [0, 0.1) is 13.8 Å². The molecule has 2 aromatic heterocycles. The Kier molecular flexibility index (Phi) is 3.27. The Morgan fingerprint density at radius 3 is 2.83 bits per heavy atom. The van der Waals surface area contributed by atoms with E-state index in [2.05, 4.69) is 10.5 Å². The first-order valence-electron chi connectivity index (χ1n) is 5.45. The number of nitrogens with zero attached hydrogens (tertiary/aromatic N) is 2. The third kappa shape index (κ3) is 2.85. The van der Waals surface area contributed by atoms with Crippen LogP contribution < -0.4 is 10.9 Å². The summed E-state index contributed by atoms with van der Waals surface area (Å²) < 4.78 is 6.15. The van der Waals surface area contributed by atoms with Crippen molar-refractivity contribution in [1.82, 2.24) is 9.72 Å². The molecule has 2 aromatic rings. The molecule has 2 rings (SSSR count). The average molecular weight is 247 g/mol. The average Bonchev–Trinajstić information content (AvgIpc) is 2.68. The molecule has 0 unspecified atom stereocenters. The van der Waals surface area contributed by atoms with Crippen molar-refractivity contribution < 1.29 is 9.32 Å². The van der Waals surface area contributed by atoms with Crippen molar-refractivity contribution in [1.29, 1.82) is 0 Å². The first-order valence-corrected chi connectivity index (χ1v) is 5.45. The van der Waals surface area contributed by atoms with Gasteiger partial charge in [-0.25, -0.2) is 0 Å². The fourth-order valence-corrected chi connectivity index (χ4v) is 1.50. The van der Waals surface area contributed by atoms with E-state index < -0.39 is 0 Å². The summed E-state index contributed by atoms with van der Waals surface area (Å²) in [5.41, 5.74) is 0.658. The summed E-state index contributed by atoms with van der Waals surface area (Å²) >= 11 is 0. The van der Waals surface area contributed by atoms with Crippen LogP contribution in [0.25, 0.3) is 0 Å². The van der Waals surface area contributed by atoms with E-state index in [1.807, 2.05) is 6.92 Å². The number of anilines is 1. The van der Waals surface area contributed by atoms with Gasteiger partial charge in [0.25, 0.3) is 5.56 Å². The van der Waals surface area contributed by atoms with Crippen LogP contribution in [-0.4, -0.2) is 15.6 Å². The largest absolute Gasteiger partial charge is 0.360 e. The first-order chi connectivity index (χ1) is 8.54. The molecule has 6 nitrogen and oxygen atoms in total. The van der Waals surface area contributed by atoms with Crippen molar-refractivity contribution in [3.05, 3.63) is 46.1 Å². The Labute approximate surface area is 103 Å². The van der Waals surface area contributed by atoms with Gasteiger partial charge in [0.05, 0.1) is 0 Å². The molecule has 6 heteroatoms. The maximum Gasteiger partial charge on any atom is 0.251 e. The monoisotopic (exact) mass is 247 g/mol.